The van der Waals surface area contributed by atoms with Gasteiger partial charge in [0.1, 0.15) is 5.82 Å². The zero-order chi connectivity index (χ0) is 15.7. The summed E-state index contributed by atoms with van der Waals surface area (Å²) in [7, 11) is 0. The lowest BCUT2D eigenvalue weighted by atomic mass is 10.0. The monoisotopic (exact) mass is 294 g/mol. The highest BCUT2D eigenvalue weighted by atomic mass is 19.1. The largest absolute Gasteiger partial charge is 0.354 e. The molecule has 21 heavy (non-hydrogen) atoms. The van der Waals surface area contributed by atoms with Crippen molar-refractivity contribution < 1.29 is 14.0 Å². The van der Waals surface area contributed by atoms with Gasteiger partial charge in [-0.25, -0.2) is 4.39 Å². The van der Waals surface area contributed by atoms with Crippen LogP contribution >= 0.6 is 0 Å². The number of halogens is 1. The van der Waals surface area contributed by atoms with E-state index < -0.39 is 0 Å². The maximum Gasteiger partial charge on any atom is 0.239 e. The lowest BCUT2D eigenvalue weighted by Crippen LogP contribution is -2.40. The predicted octanol–water partition coefficient (Wildman–Crippen LogP) is 2.04. The number of amides is 2. The first kappa shape index (κ1) is 17.1. The van der Waals surface area contributed by atoms with Gasteiger partial charge in [-0.05, 0) is 37.0 Å². The van der Waals surface area contributed by atoms with E-state index in [0.717, 1.165) is 18.4 Å². The average molecular weight is 294 g/mol. The number of rotatable bonds is 8. The van der Waals surface area contributed by atoms with Crippen LogP contribution in [0.25, 0.3) is 0 Å². The van der Waals surface area contributed by atoms with Crippen LogP contribution < -0.4 is 10.6 Å². The molecule has 0 radical (unpaired) electrons. The van der Waals surface area contributed by atoms with E-state index in [2.05, 4.69) is 10.6 Å². The normalized spacial score (nSPS) is 10.5. The highest BCUT2D eigenvalue weighted by Gasteiger charge is 2.14. The van der Waals surface area contributed by atoms with Gasteiger partial charge in [0.2, 0.25) is 11.8 Å². The van der Waals surface area contributed by atoms with E-state index in [0.29, 0.717) is 13.0 Å². The molecule has 0 saturated carbocycles. The molecular weight excluding hydrogens is 271 g/mol. The van der Waals surface area contributed by atoms with Crippen LogP contribution in [0.5, 0.6) is 0 Å². The van der Waals surface area contributed by atoms with Crippen LogP contribution in [-0.4, -0.2) is 24.9 Å². The summed E-state index contributed by atoms with van der Waals surface area (Å²) in [5.41, 5.74) is 0.956. The molecule has 0 spiro atoms. The number of carbonyl (C=O) groups is 2. The number of benzene rings is 1. The zero-order valence-corrected chi connectivity index (χ0v) is 12.6. The highest BCUT2D eigenvalue weighted by molar-refractivity contribution is 5.85. The van der Waals surface area contributed by atoms with Crippen molar-refractivity contribution in [1.82, 2.24) is 10.6 Å². The third kappa shape index (κ3) is 6.38. The van der Waals surface area contributed by atoms with E-state index in [1.165, 1.54) is 12.1 Å². The van der Waals surface area contributed by atoms with Crippen molar-refractivity contribution in [1.29, 1.82) is 0 Å². The number of nitrogens with one attached hydrogen (secondary N) is 2. The van der Waals surface area contributed by atoms with Gasteiger partial charge in [0.25, 0.3) is 0 Å². The van der Waals surface area contributed by atoms with Crippen molar-refractivity contribution in [3.8, 4) is 0 Å². The van der Waals surface area contributed by atoms with Crippen molar-refractivity contribution in [2.24, 2.45) is 5.92 Å². The van der Waals surface area contributed by atoms with Crippen molar-refractivity contribution in [3.05, 3.63) is 35.6 Å². The summed E-state index contributed by atoms with van der Waals surface area (Å²) in [5, 5.41) is 5.37. The summed E-state index contributed by atoms with van der Waals surface area (Å²) < 4.78 is 12.7. The number of hydrogen-bond acceptors (Lipinski definition) is 2. The number of carbonyl (C=O) groups excluding carboxylic acids is 2. The fourth-order valence-electron chi connectivity index (χ4n) is 2.03. The van der Waals surface area contributed by atoms with Gasteiger partial charge in [0.05, 0.1) is 6.54 Å². The van der Waals surface area contributed by atoms with Gasteiger partial charge in [-0.1, -0.05) is 26.0 Å². The molecule has 116 valence electrons. The molecule has 1 aromatic carbocycles. The molecule has 0 aliphatic carbocycles. The van der Waals surface area contributed by atoms with Crippen LogP contribution in [0.4, 0.5) is 4.39 Å². The van der Waals surface area contributed by atoms with E-state index in [9.17, 15) is 14.0 Å². The lowest BCUT2D eigenvalue weighted by Gasteiger charge is -2.12. The molecule has 0 aromatic heterocycles. The third-order valence-electron chi connectivity index (χ3n) is 3.43. The van der Waals surface area contributed by atoms with Crippen molar-refractivity contribution >= 4 is 11.8 Å². The SMILES string of the molecule is CCC(CC)C(=O)NCC(=O)NCCc1ccc(F)cc1. The molecule has 0 unspecified atom stereocenters. The minimum Gasteiger partial charge on any atom is -0.354 e. The van der Waals surface area contributed by atoms with Crippen molar-refractivity contribution in [2.45, 2.75) is 33.1 Å². The van der Waals surface area contributed by atoms with Crippen LogP contribution in [0.1, 0.15) is 32.3 Å². The van der Waals surface area contributed by atoms with Gasteiger partial charge in [-0.3, -0.25) is 9.59 Å². The molecule has 0 aliphatic rings. The maximum atomic E-state index is 12.7. The summed E-state index contributed by atoms with van der Waals surface area (Å²) in [6.07, 6.45) is 2.18. The lowest BCUT2D eigenvalue weighted by molar-refractivity contribution is -0.128. The van der Waals surface area contributed by atoms with Gasteiger partial charge < -0.3 is 10.6 Å². The van der Waals surface area contributed by atoms with E-state index in [1.54, 1.807) is 12.1 Å². The molecule has 0 atom stereocenters. The Bertz CT molecular complexity index is 456. The van der Waals surface area contributed by atoms with Gasteiger partial charge in [-0.15, -0.1) is 0 Å². The summed E-state index contributed by atoms with van der Waals surface area (Å²) in [4.78, 5) is 23.3. The Hall–Kier alpha value is -1.91. The molecule has 1 aromatic rings. The second-order valence-electron chi connectivity index (χ2n) is 4.96. The molecule has 0 fully saturated rings. The van der Waals surface area contributed by atoms with E-state index in [1.807, 2.05) is 13.8 Å². The summed E-state index contributed by atoms with van der Waals surface area (Å²) in [6.45, 7) is 4.37. The predicted molar refractivity (Wildman–Crippen MR) is 80.2 cm³/mol. The molecule has 0 bridgehead atoms. The van der Waals surface area contributed by atoms with E-state index >= 15 is 0 Å². The minimum absolute atomic E-state index is 0.00124. The maximum absolute atomic E-state index is 12.7. The molecule has 0 saturated heterocycles. The smallest absolute Gasteiger partial charge is 0.239 e. The molecular formula is C16H23FN2O2. The van der Waals surface area contributed by atoms with Crippen LogP contribution in [0.3, 0.4) is 0 Å². The first-order valence-corrected chi connectivity index (χ1v) is 7.35. The fraction of sp³-hybridized carbons (Fsp3) is 0.500. The minimum atomic E-state index is -0.271. The second-order valence-corrected chi connectivity index (χ2v) is 4.96. The van der Waals surface area contributed by atoms with Crippen LogP contribution in [0.15, 0.2) is 24.3 Å². The molecule has 2 amide bonds. The standard InChI is InChI=1S/C16H23FN2O2/c1-3-13(4-2)16(21)19-11-15(20)18-10-9-12-5-7-14(17)8-6-12/h5-8,13H,3-4,9-11H2,1-2H3,(H,18,20)(H,19,21). The Morgan fingerprint density at radius 1 is 1.10 bits per heavy atom. The molecule has 1 rings (SSSR count). The summed E-state index contributed by atoms with van der Waals surface area (Å²) >= 11 is 0. The molecule has 4 nitrogen and oxygen atoms in total. The van der Waals surface area contributed by atoms with Crippen LogP contribution in [0, 0.1) is 11.7 Å². The summed E-state index contributed by atoms with van der Waals surface area (Å²) in [6, 6.07) is 6.17. The van der Waals surface area contributed by atoms with E-state index in [4.69, 9.17) is 0 Å². The topological polar surface area (TPSA) is 58.2 Å². The second kappa shape index (κ2) is 9.10. The first-order chi connectivity index (χ1) is 10.1. The van der Waals surface area contributed by atoms with Gasteiger partial charge in [0.15, 0.2) is 0 Å². The number of hydrogen-bond donors (Lipinski definition) is 2. The Balaban J connectivity index is 2.22. The Morgan fingerprint density at radius 2 is 1.71 bits per heavy atom. The molecule has 0 aliphatic heterocycles. The molecule has 5 heteroatoms. The van der Waals surface area contributed by atoms with Crippen LogP contribution in [0.2, 0.25) is 0 Å². The fourth-order valence-corrected chi connectivity index (χ4v) is 2.03. The zero-order valence-electron chi connectivity index (χ0n) is 12.6. The highest BCUT2D eigenvalue weighted by Crippen LogP contribution is 2.06. The summed E-state index contributed by atoms with van der Waals surface area (Å²) in [5.74, 6) is -0.589. The van der Waals surface area contributed by atoms with E-state index in [-0.39, 0.29) is 30.1 Å². The Labute approximate surface area is 125 Å². The average Bonchev–Trinajstić information content (AvgIpc) is 2.48. The van der Waals surface area contributed by atoms with Crippen molar-refractivity contribution in [2.75, 3.05) is 13.1 Å². The Morgan fingerprint density at radius 3 is 2.29 bits per heavy atom. The molecule has 2 N–H and O–H groups in total. The first-order valence-electron chi connectivity index (χ1n) is 7.35. The Kier molecular flexibility index (Phi) is 7.43. The molecule has 0 heterocycles. The quantitative estimate of drug-likeness (QED) is 0.771. The van der Waals surface area contributed by atoms with Gasteiger partial charge >= 0.3 is 0 Å². The van der Waals surface area contributed by atoms with Crippen LogP contribution in [-0.2, 0) is 16.0 Å². The van der Waals surface area contributed by atoms with Crippen molar-refractivity contribution in [3.63, 3.8) is 0 Å². The van der Waals surface area contributed by atoms with Gasteiger partial charge in [-0.2, -0.15) is 0 Å². The third-order valence-corrected chi connectivity index (χ3v) is 3.43. The van der Waals surface area contributed by atoms with Gasteiger partial charge in [0, 0.05) is 12.5 Å².